The Hall–Kier alpha value is -0.610. The number of carbonyl (C=O) groups excluding carboxylic acids is 1. The zero-order valence-corrected chi connectivity index (χ0v) is 3.50. The van der Waals surface area contributed by atoms with E-state index in [2.05, 4.69) is 4.74 Å². The van der Waals surface area contributed by atoms with Crippen molar-refractivity contribution in [3.8, 4) is 0 Å². The van der Waals surface area contributed by atoms with Crippen molar-refractivity contribution >= 4 is 5.97 Å². The molecule has 0 aromatic rings. The Labute approximate surface area is 39.9 Å². The Morgan fingerprint density at radius 1 is 1.86 bits per heavy atom. The molecule has 1 heterocycles. The van der Waals surface area contributed by atoms with Gasteiger partial charge >= 0.3 is 5.97 Å². The maximum atomic E-state index is 9.93. The van der Waals surface area contributed by atoms with Crippen molar-refractivity contribution in [3.05, 3.63) is 0 Å². The normalized spacial score (nSPS) is 39.4. The molecule has 0 aromatic carbocycles. The first kappa shape index (κ1) is 4.55. The molecule has 0 amide bonds. The molecule has 2 unspecified atom stereocenters. The van der Waals surface area contributed by atoms with Crippen molar-refractivity contribution in [1.29, 1.82) is 0 Å². The minimum Gasteiger partial charge on any atom is -0.432 e. The largest absolute Gasteiger partial charge is 0.432 e. The lowest BCUT2D eigenvalue weighted by atomic mass is 10.2. The molecule has 0 spiro atoms. The van der Waals surface area contributed by atoms with E-state index in [1.807, 2.05) is 0 Å². The molecule has 0 saturated carbocycles. The van der Waals surface area contributed by atoms with Crippen LogP contribution in [0.15, 0.2) is 0 Å². The second-order valence-electron chi connectivity index (χ2n) is 1.35. The molecule has 0 aliphatic carbocycles. The van der Waals surface area contributed by atoms with Crippen molar-refractivity contribution in [1.82, 2.24) is 0 Å². The van der Waals surface area contributed by atoms with E-state index in [0.29, 0.717) is 0 Å². The van der Waals surface area contributed by atoms with Crippen LogP contribution in [0.2, 0.25) is 0 Å². The topological polar surface area (TPSA) is 72.6 Å². The molecular formula is C3H5NO3. The van der Waals surface area contributed by atoms with Crippen LogP contribution in [0.25, 0.3) is 0 Å². The Bertz CT molecular complexity index is 102. The average molecular weight is 103 g/mol. The molecule has 1 rings (SSSR count). The minimum atomic E-state index is -1.06. The van der Waals surface area contributed by atoms with Crippen LogP contribution in [0.1, 0.15) is 0 Å². The van der Waals surface area contributed by atoms with E-state index in [4.69, 9.17) is 10.8 Å². The third kappa shape index (κ3) is 0.477. The molecule has 0 bridgehead atoms. The fourth-order valence-corrected chi connectivity index (χ4v) is 0.315. The molecule has 4 heteroatoms. The predicted molar refractivity (Wildman–Crippen MR) is 20.1 cm³/mol. The van der Waals surface area contributed by atoms with Crippen molar-refractivity contribution in [3.63, 3.8) is 0 Å². The zero-order chi connectivity index (χ0) is 5.44. The summed E-state index contributed by atoms with van der Waals surface area (Å²) in [4.78, 5) is 9.93. The van der Waals surface area contributed by atoms with Gasteiger partial charge in [0.15, 0.2) is 6.04 Å². The Kier molecular flexibility index (Phi) is 0.765. The summed E-state index contributed by atoms with van der Waals surface area (Å²) in [6, 6.07) is -0.806. The van der Waals surface area contributed by atoms with Crippen LogP contribution in [0.5, 0.6) is 0 Å². The van der Waals surface area contributed by atoms with Crippen LogP contribution in [-0.2, 0) is 9.53 Å². The molecule has 0 aromatic heterocycles. The lowest BCUT2D eigenvalue weighted by Crippen LogP contribution is -2.55. The third-order valence-electron chi connectivity index (χ3n) is 0.816. The number of hydrogen-bond donors (Lipinski definition) is 2. The number of rotatable bonds is 0. The van der Waals surface area contributed by atoms with Crippen molar-refractivity contribution in [2.24, 2.45) is 5.73 Å². The van der Waals surface area contributed by atoms with Crippen LogP contribution in [0.4, 0.5) is 0 Å². The predicted octanol–water partition coefficient (Wildman–Crippen LogP) is -1.81. The van der Waals surface area contributed by atoms with Crippen LogP contribution in [0.3, 0.4) is 0 Å². The van der Waals surface area contributed by atoms with E-state index in [1.165, 1.54) is 0 Å². The smallest absolute Gasteiger partial charge is 0.331 e. The van der Waals surface area contributed by atoms with Gasteiger partial charge in [-0.05, 0) is 0 Å². The van der Waals surface area contributed by atoms with E-state index in [9.17, 15) is 4.79 Å². The highest BCUT2D eigenvalue weighted by molar-refractivity contribution is 5.81. The summed E-state index contributed by atoms with van der Waals surface area (Å²) in [5.41, 5.74) is 4.94. The molecule has 3 N–H and O–H groups in total. The van der Waals surface area contributed by atoms with Gasteiger partial charge in [0.25, 0.3) is 0 Å². The number of hydrogen-bond acceptors (Lipinski definition) is 4. The van der Waals surface area contributed by atoms with E-state index < -0.39 is 18.3 Å². The van der Waals surface area contributed by atoms with Gasteiger partial charge in [0.2, 0.25) is 6.29 Å². The van der Waals surface area contributed by atoms with Gasteiger partial charge in [0, 0.05) is 0 Å². The summed E-state index contributed by atoms with van der Waals surface area (Å²) >= 11 is 0. The molecule has 1 saturated heterocycles. The molecular weight excluding hydrogens is 98.0 g/mol. The fourth-order valence-electron chi connectivity index (χ4n) is 0.315. The van der Waals surface area contributed by atoms with Crippen LogP contribution < -0.4 is 5.73 Å². The first-order valence-electron chi connectivity index (χ1n) is 1.86. The summed E-state index contributed by atoms with van der Waals surface area (Å²) in [6.45, 7) is 0. The highest BCUT2D eigenvalue weighted by atomic mass is 16.7. The average Bonchev–Trinajstić information content (AvgIpc) is 1.68. The Morgan fingerprint density at radius 2 is 2.43 bits per heavy atom. The van der Waals surface area contributed by atoms with E-state index in [0.717, 1.165) is 0 Å². The van der Waals surface area contributed by atoms with Crippen molar-refractivity contribution in [2.45, 2.75) is 12.3 Å². The lowest BCUT2D eigenvalue weighted by molar-refractivity contribution is -0.209. The number of ether oxygens (including phenoxy) is 1. The first-order chi connectivity index (χ1) is 3.22. The molecule has 0 radical (unpaired) electrons. The number of esters is 1. The maximum Gasteiger partial charge on any atom is 0.331 e. The standard InChI is InChI=1S/C3H5NO3/c4-1-2(5)7-3(1)6/h1-2,5H,4H2. The van der Waals surface area contributed by atoms with Gasteiger partial charge in [-0.2, -0.15) is 0 Å². The fraction of sp³-hybridized carbons (Fsp3) is 0.667. The lowest BCUT2D eigenvalue weighted by Gasteiger charge is -2.26. The summed E-state index contributed by atoms with van der Waals surface area (Å²) in [5.74, 6) is -0.535. The van der Waals surface area contributed by atoms with Gasteiger partial charge < -0.3 is 15.6 Å². The van der Waals surface area contributed by atoms with Gasteiger partial charge in [-0.25, -0.2) is 0 Å². The number of carbonyl (C=O) groups is 1. The minimum absolute atomic E-state index is 0.535. The Balaban J connectivity index is 2.43. The Morgan fingerprint density at radius 3 is 2.43 bits per heavy atom. The highest BCUT2D eigenvalue weighted by Gasteiger charge is 2.37. The summed E-state index contributed by atoms with van der Waals surface area (Å²) in [7, 11) is 0. The molecule has 1 aliphatic heterocycles. The molecule has 2 atom stereocenters. The molecule has 7 heavy (non-hydrogen) atoms. The maximum absolute atomic E-state index is 9.93. The number of aliphatic hydroxyl groups is 1. The monoisotopic (exact) mass is 103 g/mol. The van der Waals surface area contributed by atoms with E-state index >= 15 is 0 Å². The van der Waals surface area contributed by atoms with Gasteiger partial charge in [0.05, 0.1) is 0 Å². The van der Waals surface area contributed by atoms with Crippen molar-refractivity contribution in [2.75, 3.05) is 0 Å². The summed E-state index contributed by atoms with van der Waals surface area (Å²) < 4.78 is 4.04. The molecule has 40 valence electrons. The number of nitrogens with two attached hydrogens (primary N) is 1. The second-order valence-corrected chi connectivity index (χ2v) is 1.35. The summed E-state index contributed by atoms with van der Waals surface area (Å²) in [6.07, 6.45) is -1.06. The molecule has 1 aliphatic rings. The van der Waals surface area contributed by atoms with Crippen LogP contribution in [0, 0.1) is 0 Å². The number of cyclic esters (lactones) is 1. The van der Waals surface area contributed by atoms with Gasteiger partial charge in [-0.15, -0.1) is 0 Å². The summed E-state index contributed by atoms with van der Waals surface area (Å²) in [5, 5.41) is 8.32. The third-order valence-corrected chi connectivity index (χ3v) is 0.816. The van der Waals surface area contributed by atoms with E-state index in [1.54, 1.807) is 0 Å². The first-order valence-corrected chi connectivity index (χ1v) is 1.86. The zero-order valence-electron chi connectivity index (χ0n) is 3.50. The molecule has 4 nitrogen and oxygen atoms in total. The highest BCUT2D eigenvalue weighted by Crippen LogP contribution is 2.06. The SMILES string of the molecule is NC1C(=O)OC1O. The molecule has 1 fully saturated rings. The van der Waals surface area contributed by atoms with Gasteiger partial charge in [-0.1, -0.05) is 0 Å². The van der Waals surface area contributed by atoms with Gasteiger partial charge in [0.1, 0.15) is 0 Å². The van der Waals surface area contributed by atoms with Gasteiger partial charge in [-0.3, -0.25) is 4.79 Å². The van der Waals surface area contributed by atoms with Crippen LogP contribution >= 0.6 is 0 Å². The van der Waals surface area contributed by atoms with Crippen molar-refractivity contribution < 1.29 is 14.6 Å². The quantitative estimate of drug-likeness (QED) is 0.354. The van der Waals surface area contributed by atoms with E-state index in [-0.39, 0.29) is 0 Å². The van der Waals surface area contributed by atoms with Crippen LogP contribution in [-0.4, -0.2) is 23.4 Å². The second kappa shape index (κ2) is 1.18. The number of aliphatic hydroxyl groups excluding tert-OH is 1.